The van der Waals surface area contributed by atoms with Crippen LogP contribution in [0.3, 0.4) is 0 Å². The van der Waals surface area contributed by atoms with Gasteiger partial charge in [-0.1, -0.05) is 18.2 Å². The highest BCUT2D eigenvalue weighted by Gasteiger charge is 2.35. The van der Waals surface area contributed by atoms with Crippen LogP contribution in [0, 0.1) is 0 Å². The van der Waals surface area contributed by atoms with Crippen LogP contribution in [0.1, 0.15) is 40.1 Å². The van der Waals surface area contributed by atoms with Crippen molar-refractivity contribution < 1.29 is 27.2 Å². The maximum atomic E-state index is 14.0. The number of likely N-dealkylation sites (tertiary alicyclic amines) is 1. The maximum absolute atomic E-state index is 14.0. The van der Waals surface area contributed by atoms with E-state index in [-0.39, 0.29) is 46.9 Å². The Morgan fingerprint density at radius 2 is 1.88 bits per heavy atom. The first kappa shape index (κ1) is 27.5. The number of aryl methyl sites for hydroxylation is 1. The summed E-state index contributed by atoms with van der Waals surface area (Å²) >= 11 is 6.10. The van der Waals surface area contributed by atoms with Gasteiger partial charge in [-0.05, 0) is 65.9 Å². The molecular weight excluding hydrogens is 545 g/mol. The summed E-state index contributed by atoms with van der Waals surface area (Å²) < 4.78 is 47.5. The second-order valence-corrected chi connectivity index (χ2v) is 10.4. The van der Waals surface area contributed by atoms with Crippen LogP contribution in [0.4, 0.5) is 19.0 Å². The van der Waals surface area contributed by atoms with Crippen molar-refractivity contribution in [2.24, 2.45) is 0 Å². The molecule has 0 aliphatic carbocycles. The first-order chi connectivity index (χ1) is 19.1. The third-order valence-electron chi connectivity index (χ3n) is 6.80. The highest BCUT2D eigenvalue weighted by molar-refractivity contribution is 6.21. The number of aromatic nitrogens is 1. The van der Waals surface area contributed by atoms with E-state index in [4.69, 9.17) is 21.8 Å². The number of carbonyl (C=O) groups is 2. The van der Waals surface area contributed by atoms with Crippen LogP contribution in [-0.4, -0.2) is 40.2 Å². The van der Waals surface area contributed by atoms with Gasteiger partial charge in [0.2, 0.25) is 5.91 Å². The minimum absolute atomic E-state index is 0.0589. The third kappa shape index (κ3) is 6.22. The number of fused-ring (bicyclic) bond motifs is 1. The van der Waals surface area contributed by atoms with Gasteiger partial charge in [-0.3, -0.25) is 9.59 Å². The molecule has 5 rings (SSSR count). The number of nitrogen functional groups attached to an aromatic ring is 1. The molecule has 2 amide bonds. The Bertz CT molecular complexity index is 1540. The molecule has 40 heavy (non-hydrogen) atoms. The van der Waals surface area contributed by atoms with Gasteiger partial charge < -0.3 is 20.4 Å². The molecular formula is C29H26ClF3N4O3. The van der Waals surface area contributed by atoms with Crippen LogP contribution in [-0.2, 0) is 23.9 Å². The summed E-state index contributed by atoms with van der Waals surface area (Å²) in [6.07, 6.45) is -1.73. The van der Waals surface area contributed by atoms with E-state index in [9.17, 15) is 22.8 Å². The Morgan fingerprint density at radius 1 is 1.10 bits per heavy atom. The number of carbonyl (C=O) groups excluding carboxylic acids is 2. The fourth-order valence-corrected chi connectivity index (χ4v) is 4.94. The van der Waals surface area contributed by atoms with Crippen LogP contribution in [0.25, 0.3) is 22.1 Å². The fraction of sp³-hybridized carbons (Fsp3) is 0.276. The zero-order valence-electron chi connectivity index (χ0n) is 21.3. The SMILES string of the molecule is Nc1ccc(CCC(=O)NCc2cc3cc(-c4ccc(C(=O)N5CC[C@H](Cl)C5)cc4)cc(C(F)(F)F)c3o2)cn1. The molecule has 2 aromatic heterocycles. The third-order valence-corrected chi connectivity index (χ3v) is 7.16. The lowest BCUT2D eigenvalue weighted by Crippen LogP contribution is -2.28. The minimum Gasteiger partial charge on any atom is -0.459 e. The van der Waals surface area contributed by atoms with Crippen molar-refractivity contribution in [3.05, 3.63) is 83.2 Å². The molecule has 2 aromatic carbocycles. The lowest BCUT2D eigenvalue weighted by atomic mass is 9.99. The monoisotopic (exact) mass is 570 g/mol. The normalized spacial score (nSPS) is 15.5. The van der Waals surface area contributed by atoms with Crippen molar-refractivity contribution in [2.75, 3.05) is 18.8 Å². The number of amides is 2. The van der Waals surface area contributed by atoms with Crippen LogP contribution in [0.15, 0.2) is 65.2 Å². The molecule has 1 fully saturated rings. The highest BCUT2D eigenvalue weighted by atomic mass is 35.5. The number of benzene rings is 2. The van der Waals surface area contributed by atoms with Gasteiger partial charge in [0, 0.05) is 36.7 Å². The topological polar surface area (TPSA) is 101 Å². The standard InChI is InChI=1S/C29H26ClF3N4O3/c30-22-9-10-37(16-22)28(39)19-5-3-18(4-6-19)20-11-21-12-23(40-27(21)24(13-20)29(31,32)33)15-36-26(38)8-2-17-1-7-25(34)35-14-17/h1,3-7,11-14,22H,2,8-10,15-16H2,(H2,34,35)(H,36,38)/t22-/m0/s1. The fourth-order valence-electron chi connectivity index (χ4n) is 4.68. The Morgan fingerprint density at radius 3 is 2.52 bits per heavy atom. The maximum Gasteiger partial charge on any atom is 0.420 e. The van der Waals surface area contributed by atoms with Crippen molar-refractivity contribution in [3.8, 4) is 11.1 Å². The van der Waals surface area contributed by atoms with Gasteiger partial charge in [0.15, 0.2) is 0 Å². The number of halogens is 4. The van der Waals surface area contributed by atoms with Gasteiger partial charge in [-0.25, -0.2) is 4.98 Å². The zero-order chi connectivity index (χ0) is 28.4. The molecule has 1 aliphatic rings. The number of hydrogen-bond acceptors (Lipinski definition) is 5. The van der Waals surface area contributed by atoms with Crippen LogP contribution >= 0.6 is 11.6 Å². The van der Waals surface area contributed by atoms with Crippen LogP contribution in [0.2, 0.25) is 0 Å². The number of nitrogens with zero attached hydrogens (tertiary/aromatic N) is 2. The smallest absolute Gasteiger partial charge is 0.420 e. The summed E-state index contributed by atoms with van der Waals surface area (Å²) in [5, 5.41) is 2.87. The molecule has 1 aliphatic heterocycles. The number of nitrogens with one attached hydrogen (secondary N) is 1. The van der Waals surface area contributed by atoms with Crippen molar-refractivity contribution >= 4 is 40.2 Å². The number of pyridine rings is 1. The molecule has 3 N–H and O–H groups in total. The first-order valence-corrected chi connectivity index (χ1v) is 13.1. The summed E-state index contributed by atoms with van der Waals surface area (Å²) in [5.41, 5.74) is 6.48. The number of nitrogens with two attached hydrogens (primary N) is 1. The summed E-state index contributed by atoms with van der Waals surface area (Å²) in [6.45, 7) is 0.984. The molecule has 11 heteroatoms. The largest absolute Gasteiger partial charge is 0.459 e. The molecule has 0 bridgehead atoms. The Labute approximate surface area is 233 Å². The second kappa shape index (κ2) is 11.2. The number of hydrogen-bond donors (Lipinski definition) is 2. The summed E-state index contributed by atoms with van der Waals surface area (Å²) in [7, 11) is 0. The van der Waals surface area contributed by atoms with Gasteiger partial charge in [0.25, 0.3) is 5.91 Å². The van der Waals surface area contributed by atoms with E-state index < -0.39 is 11.7 Å². The Kier molecular flexibility index (Phi) is 7.71. The van der Waals surface area contributed by atoms with Gasteiger partial charge in [0.1, 0.15) is 17.2 Å². The summed E-state index contributed by atoms with van der Waals surface area (Å²) in [5.74, 6) is 0.144. The zero-order valence-corrected chi connectivity index (χ0v) is 22.1. The molecule has 7 nitrogen and oxygen atoms in total. The molecule has 3 heterocycles. The van der Waals surface area contributed by atoms with E-state index in [1.165, 1.54) is 6.07 Å². The lowest BCUT2D eigenvalue weighted by molar-refractivity contribution is -0.136. The average molecular weight is 571 g/mol. The lowest BCUT2D eigenvalue weighted by Gasteiger charge is -2.16. The second-order valence-electron chi connectivity index (χ2n) is 9.74. The number of anilines is 1. The van der Waals surface area contributed by atoms with E-state index in [0.29, 0.717) is 42.0 Å². The predicted octanol–water partition coefficient (Wildman–Crippen LogP) is 5.80. The predicted molar refractivity (Wildman–Crippen MR) is 146 cm³/mol. The molecule has 208 valence electrons. The van der Waals surface area contributed by atoms with Crippen molar-refractivity contribution in [3.63, 3.8) is 0 Å². The molecule has 0 unspecified atom stereocenters. The Hall–Kier alpha value is -4.05. The van der Waals surface area contributed by atoms with Crippen molar-refractivity contribution in [1.82, 2.24) is 15.2 Å². The van der Waals surface area contributed by atoms with E-state index in [2.05, 4.69) is 10.3 Å². The number of alkyl halides is 4. The molecule has 0 spiro atoms. The summed E-state index contributed by atoms with van der Waals surface area (Å²) in [6, 6.07) is 14.0. The van der Waals surface area contributed by atoms with E-state index in [1.54, 1.807) is 53.6 Å². The van der Waals surface area contributed by atoms with Crippen molar-refractivity contribution in [1.29, 1.82) is 0 Å². The van der Waals surface area contributed by atoms with Gasteiger partial charge in [-0.2, -0.15) is 13.2 Å². The number of furan rings is 1. The van der Waals surface area contributed by atoms with Crippen molar-refractivity contribution in [2.45, 2.75) is 37.4 Å². The van der Waals surface area contributed by atoms with E-state index >= 15 is 0 Å². The van der Waals surface area contributed by atoms with Crippen LogP contribution in [0.5, 0.6) is 0 Å². The molecule has 4 aromatic rings. The van der Waals surface area contributed by atoms with Gasteiger partial charge in [-0.15, -0.1) is 11.6 Å². The van der Waals surface area contributed by atoms with E-state index in [0.717, 1.165) is 18.1 Å². The molecule has 1 saturated heterocycles. The summed E-state index contributed by atoms with van der Waals surface area (Å²) in [4.78, 5) is 30.7. The highest BCUT2D eigenvalue weighted by Crippen LogP contribution is 2.39. The Balaban J connectivity index is 1.32. The quantitative estimate of drug-likeness (QED) is 0.274. The van der Waals surface area contributed by atoms with E-state index in [1.807, 2.05) is 0 Å². The van der Waals surface area contributed by atoms with Gasteiger partial charge >= 0.3 is 6.18 Å². The van der Waals surface area contributed by atoms with Gasteiger partial charge in [0.05, 0.1) is 17.5 Å². The molecule has 0 radical (unpaired) electrons. The first-order valence-electron chi connectivity index (χ1n) is 12.7. The minimum atomic E-state index is -4.66. The van der Waals surface area contributed by atoms with Crippen LogP contribution < -0.4 is 11.1 Å². The molecule has 1 atom stereocenters. The molecule has 0 saturated carbocycles. The average Bonchev–Trinajstić information content (AvgIpc) is 3.56. The number of rotatable bonds is 7.